The number of carboxylic acid groups (broad SMARTS) is 1. The van der Waals surface area contributed by atoms with Gasteiger partial charge in [0.05, 0.1) is 16.3 Å². The molecule has 2 aromatic carbocycles. The van der Waals surface area contributed by atoms with E-state index < -0.39 is 11.9 Å². The molecular formula is C24H22Cl2N2O3S. The van der Waals surface area contributed by atoms with Crippen molar-refractivity contribution in [3.05, 3.63) is 75.1 Å². The Balaban J connectivity index is 1.79. The van der Waals surface area contributed by atoms with Gasteiger partial charge < -0.3 is 5.11 Å². The normalized spacial score (nSPS) is 14.3. The lowest BCUT2D eigenvalue weighted by atomic mass is 9.96. The topological polar surface area (TPSA) is 69.6 Å². The molecule has 0 radical (unpaired) electrons. The van der Waals surface area contributed by atoms with Crippen LogP contribution in [0.15, 0.2) is 54.6 Å². The van der Waals surface area contributed by atoms with Gasteiger partial charge in [0.15, 0.2) is 0 Å². The van der Waals surface area contributed by atoms with E-state index in [0.717, 1.165) is 53.9 Å². The summed E-state index contributed by atoms with van der Waals surface area (Å²) in [6, 6.07) is 16.0. The number of nitrogens with one attached hydrogen (secondary N) is 1. The molecule has 0 bridgehead atoms. The van der Waals surface area contributed by atoms with E-state index in [1.807, 2.05) is 30.3 Å². The Morgan fingerprint density at radius 1 is 1.00 bits per heavy atom. The van der Waals surface area contributed by atoms with Crippen molar-refractivity contribution in [3.8, 4) is 10.4 Å². The fraction of sp³-hybridized carbons (Fsp3) is 0.250. The van der Waals surface area contributed by atoms with Gasteiger partial charge in [0, 0.05) is 15.9 Å². The third-order valence-electron chi connectivity index (χ3n) is 5.49. The van der Waals surface area contributed by atoms with Gasteiger partial charge in [0.25, 0.3) is 5.91 Å². The van der Waals surface area contributed by atoms with Crippen LogP contribution in [-0.2, 0) is 0 Å². The number of nitrogens with zero attached hydrogens (tertiary/aromatic N) is 1. The predicted molar refractivity (Wildman–Crippen MR) is 130 cm³/mol. The molecule has 8 heteroatoms. The maximum atomic E-state index is 13.6. The molecule has 1 heterocycles. The first-order chi connectivity index (χ1) is 15.4. The third-order valence-corrected chi connectivity index (χ3v) is 7.20. The Morgan fingerprint density at radius 3 is 2.38 bits per heavy atom. The molecule has 1 saturated carbocycles. The molecule has 3 aromatic rings. The molecule has 1 aromatic heterocycles. The maximum absolute atomic E-state index is 13.6. The zero-order chi connectivity index (χ0) is 22.7. The number of carboxylic acids is 1. The molecular weight excluding hydrogens is 467 g/mol. The van der Waals surface area contributed by atoms with Gasteiger partial charge in [-0.05, 0) is 42.7 Å². The fourth-order valence-corrected chi connectivity index (χ4v) is 5.36. The fourth-order valence-electron chi connectivity index (χ4n) is 3.88. The number of hydrazine groups is 1. The van der Waals surface area contributed by atoms with Crippen molar-refractivity contribution in [2.24, 2.45) is 0 Å². The second-order valence-electron chi connectivity index (χ2n) is 7.72. The number of aromatic carboxylic acids is 1. The number of thiophene rings is 1. The van der Waals surface area contributed by atoms with Crippen molar-refractivity contribution in [1.29, 1.82) is 0 Å². The molecule has 2 N–H and O–H groups in total. The number of benzene rings is 2. The standard InChI is InChI=1S/C24H22Cl2N2O3S/c25-16-11-12-18(19(26)13-16)23(29)28(27-17-9-5-2-6-10-17)20-14-21(32-22(20)24(30)31)15-7-3-1-4-8-15/h1,3-4,7-8,11-14,17,27H,2,5-6,9-10H2,(H,30,31). The zero-order valence-electron chi connectivity index (χ0n) is 17.2. The quantitative estimate of drug-likeness (QED) is 0.370. The lowest BCUT2D eigenvalue weighted by molar-refractivity contribution is 0.0702. The SMILES string of the molecule is O=C(O)c1sc(-c2ccccc2)cc1N(NC1CCCCC1)C(=O)c1ccc(Cl)cc1Cl. The molecule has 1 amide bonds. The van der Waals surface area contributed by atoms with E-state index in [1.165, 1.54) is 11.1 Å². The van der Waals surface area contributed by atoms with Gasteiger partial charge in [0.1, 0.15) is 4.88 Å². The van der Waals surface area contributed by atoms with Crippen molar-refractivity contribution >= 4 is 52.1 Å². The molecule has 4 rings (SSSR count). The monoisotopic (exact) mass is 488 g/mol. The number of rotatable bonds is 6. The summed E-state index contributed by atoms with van der Waals surface area (Å²) in [5, 5.41) is 11.9. The Labute approximate surface area is 200 Å². The van der Waals surface area contributed by atoms with E-state index in [2.05, 4.69) is 5.43 Å². The molecule has 0 saturated heterocycles. The molecule has 0 unspecified atom stereocenters. The minimum Gasteiger partial charge on any atom is -0.477 e. The Morgan fingerprint density at radius 2 is 1.72 bits per heavy atom. The van der Waals surface area contributed by atoms with Crippen LogP contribution in [0, 0.1) is 0 Å². The van der Waals surface area contributed by atoms with E-state index in [0.29, 0.717) is 10.7 Å². The van der Waals surface area contributed by atoms with Crippen LogP contribution in [0.25, 0.3) is 10.4 Å². The number of halogens is 2. The van der Waals surface area contributed by atoms with Crippen molar-refractivity contribution < 1.29 is 14.7 Å². The highest BCUT2D eigenvalue weighted by Crippen LogP contribution is 2.38. The summed E-state index contributed by atoms with van der Waals surface area (Å²) in [6.07, 6.45) is 5.11. The number of anilines is 1. The first-order valence-corrected chi connectivity index (χ1v) is 12.0. The molecule has 32 heavy (non-hydrogen) atoms. The predicted octanol–water partition coefficient (Wildman–Crippen LogP) is 6.90. The van der Waals surface area contributed by atoms with Crippen LogP contribution in [-0.4, -0.2) is 23.0 Å². The van der Waals surface area contributed by atoms with Crippen LogP contribution < -0.4 is 10.4 Å². The van der Waals surface area contributed by atoms with E-state index in [1.54, 1.807) is 18.2 Å². The molecule has 5 nitrogen and oxygen atoms in total. The number of amides is 1. The maximum Gasteiger partial charge on any atom is 0.348 e. The van der Waals surface area contributed by atoms with Crippen LogP contribution in [0.4, 0.5) is 5.69 Å². The number of hydrogen-bond acceptors (Lipinski definition) is 4. The average molecular weight is 489 g/mol. The summed E-state index contributed by atoms with van der Waals surface area (Å²) >= 11 is 13.5. The summed E-state index contributed by atoms with van der Waals surface area (Å²) in [4.78, 5) is 26.6. The molecule has 0 aliphatic heterocycles. The second kappa shape index (κ2) is 10.0. The van der Waals surface area contributed by atoms with Crippen LogP contribution in [0.5, 0.6) is 0 Å². The minimum absolute atomic E-state index is 0.0699. The van der Waals surface area contributed by atoms with Crippen LogP contribution in [0.1, 0.15) is 52.1 Å². The van der Waals surface area contributed by atoms with Gasteiger partial charge in [-0.25, -0.2) is 15.2 Å². The molecule has 0 spiro atoms. The van der Waals surface area contributed by atoms with Crippen molar-refractivity contribution in [2.45, 2.75) is 38.1 Å². The van der Waals surface area contributed by atoms with Gasteiger partial charge in [-0.2, -0.15) is 0 Å². The second-order valence-corrected chi connectivity index (χ2v) is 9.62. The van der Waals surface area contributed by atoms with Gasteiger partial charge in [-0.15, -0.1) is 11.3 Å². The smallest absolute Gasteiger partial charge is 0.348 e. The Bertz CT molecular complexity index is 1130. The molecule has 0 atom stereocenters. The first-order valence-electron chi connectivity index (χ1n) is 10.4. The van der Waals surface area contributed by atoms with Crippen LogP contribution in [0.3, 0.4) is 0 Å². The van der Waals surface area contributed by atoms with Gasteiger partial charge in [0.2, 0.25) is 0 Å². The van der Waals surface area contributed by atoms with Crippen molar-refractivity contribution in [2.75, 3.05) is 5.01 Å². The Kier molecular flexibility index (Phi) is 7.16. The van der Waals surface area contributed by atoms with E-state index >= 15 is 0 Å². The summed E-state index contributed by atoms with van der Waals surface area (Å²) in [5.41, 5.74) is 4.76. The van der Waals surface area contributed by atoms with Crippen molar-refractivity contribution in [3.63, 3.8) is 0 Å². The van der Waals surface area contributed by atoms with Gasteiger partial charge >= 0.3 is 5.97 Å². The molecule has 1 aliphatic carbocycles. The minimum atomic E-state index is -1.09. The first kappa shape index (κ1) is 22.8. The van der Waals surface area contributed by atoms with E-state index in [9.17, 15) is 14.7 Å². The lowest BCUT2D eigenvalue weighted by Crippen LogP contribution is -2.49. The average Bonchev–Trinajstić information content (AvgIpc) is 3.24. The number of carbonyl (C=O) groups is 2. The van der Waals surface area contributed by atoms with Crippen LogP contribution >= 0.6 is 34.5 Å². The third kappa shape index (κ3) is 4.99. The highest BCUT2D eigenvalue weighted by atomic mass is 35.5. The van der Waals surface area contributed by atoms with Gasteiger partial charge in [-0.1, -0.05) is 72.8 Å². The lowest BCUT2D eigenvalue weighted by Gasteiger charge is -2.31. The van der Waals surface area contributed by atoms with E-state index in [4.69, 9.17) is 23.2 Å². The summed E-state index contributed by atoms with van der Waals surface area (Å²) < 4.78 is 0. The van der Waals surface area contributed by atoms with E-state index in [-0.39, 0.29) is 21.5 Å². The summed E-state index contributed by atoms with van der Waals surface area (Å²) in [7, 11) is 0. The highest BCUT2D eigenvalue weighted by molar-refractivity contribution is 7.18. The van der Waals surface area contributed by atoms with Crippen molar-refractivity contribution in [1.82, 2.24) is 5.43 Å². The Hall–Kier alpha value is -2.38. The highest BCUT2D eigenvalue weighted by Gasteiger charge is 2.30. The summed E-state index contributed by atoms with van der Waals surface area (Å²) in [6.45, 7) is 0. The van der Waals surface area contributed by atoms with Gasteiger partial charge in [-0.3, -0.25) is 4.79 Å². The summed E-state index contributed by atoms with van der Waals surface area (Å²) in [5.74, 6) is -1.50. The zero-order valence-corrected chi connectivity index (χ0v) is 19.5. The van der Waals surface area contributed by atoms with Crippen LogP contribution in [0.2, 0.25) is 10.0 Å². The largest absolute Gasteiger partial charge is 0.477 e. The number of carbonyl (C=O) groups excluding carboxylic acids is 1. The molecule has 1 fully saturated rings. The number of hydrogen-bond donors (Lipinski definition) is 2. The molecule has 1 aliphatic rings. The molecule has 166 valence electrons.